The van der Waals surface area contributed by atoms with E-state index in [9.17, 15) is 61.5 Å². The number of hydrogen-bond acceptors (Lipinski definition) is 1. The zero-order chi connectivity index (χ0) is 25.5. The zero-order valence-corrected chi connectivity index (χ0v) is 15.3. The van der Waals surface area contributed by atoms with E-state index in [-0.39, 0.29) is 11.5 Å². The summed E-state index contributed by atoms with van der Waals surface area (Å²) in [5.41, 5.74) is -20.0. The fraction of sp³-hybridized carbons (Fsp3) is 0.389. The summed E-state index contributed by atoms with van der Waals surface area (Å²) < 4.78 is 195. The van der Waals surface area contributed by atoms with Crippen LogP contribution in [0.3, 0.4) is 0 Å². The van der Waals surface area contributed by atoms with Crippen LogP contribution in [0.2, 0.25) is 0 Å². The van der Waals surface area contributed by atoms with Gasteiger partial charge in [-0.1, -0.05) is 24.3 Å². The monoisotopic (exact) mass is 503 g/mol. The molecule has 0 saturated carbocycles. The summed E-state index contributed by atoms with van der Waals surface area (Å²) >= 11 is 0. The van der Waals surface area contributed by atoms with E-state index in [0.717, 1.165) is 18.2 Å². The molecule has 1 nitrogen and oxygen atoms in total. The van der Waals surface area contributed by atoms with Crippen LogP contribution in [-0.4, -0.2) is 35.6 Å². The number of halogens is 14. The predicted octanol–water partition coefficient (Wildman–Crippen LogP) is 7.49. The molecule has 182 valence electrons. The van der Waals surface area contributed by atoms with Crippen molar-refractivity contribution < 1.29 is 61.5 Å². The van der Waals surface area contributed by atoms with Gasteiger partial charge in [-0.25, -0.2) is 13.8 Å². The van der Waals surface area contributed by atoms with Gasteiger partial charge < -0.3 is 0 Å². The van der Waals surface area contributed by atoms with Crippen LogP contribution in [-0.2, 0) is 0 Å². The number of benzene rings is 1. The molecule has 1 heterocycles. The number of fused-ring (bicyclic) bond motifs is 1. The first-order valence-electron chi connectivity index (χ1n) is 8.41. The Morgan fingerprint density at radius 1 is 0.606 bits per heavy atom. The molecule has 3 rings (SSSR count). The molecule has 0 spiro atoms. The van der Waals surface area contributed by atoms with Gasteiger partial charge in [-0.05, 0) is 18.2 Å². The second-order valence-electron chi connectivity index (χ2n) is 7.06. The van der Waals surface area contributed by atoms with Gasteiger partial charge >= 0.3 is 24.7 Å². The van der Waals surface area contributed by atoms with E-state index in [1.165, 1.54) is 12.1 Å². The quantitative estimate of drug-likeness (QED) is 0.368. The van der Waals surface area contributed by atoms with Crippen molar-refractivity contribution >= 4 is 16.5 Å². The van der Waals surface area contributed by atoms with E-state index in [0.29, 0.717) is 0 Å². The van der Waals surface area contributed by atoms with Crippen LogP contribution >= 0.6 is 0 Å². The molecule has 0 saturated heterocycles. The van der Waals surface area contributed by atoms with Crippen molar-refractivity contribution in [2.45, 2.75) is 30.6 Å². The topological polar surface area (TPSA) is 12.9 Å². The Morgan fingerprint density at radius 3 is 1.55 bits per heavy atom. The lowest BCUT2D eigenvalue weighted by Gasteiger charge is -2.51. The smallest absolute Gasteiger partial charge is 0.248 e. The van der Waals surface area contributed by atoms with E-state index in [1.54, 1.807) is 0 Å². The average Bonchev–Trinajstić information content (AvgIpc) is 2.86. The second kappa shape index (κ2) is 6.72. The van der Waals surface area contributed by atoms with Crippen molar-refractivity contribution in [3.63, 3.8) is 0 Å². The van der Waals surface area contributed by atoms with Gasteiger partial charge in [0, 0.05) is 11.0 Å². The summed E-state index contributed by atoms with van der Waals surface area (Å²) in [6.07, 6.45) is -32.2. The molecule has 0 amide bonds. The molecule has 0 fully saturated rings. The van der Waals surface area contributed by atoms with Crippen LogP contribution in [0.4, 0.5) is 61.5 Å². The molecule has 0 N–H and O–H groups in total. The third-order valence-corrected chi connectivity index (χ3v) is 5.37. The largest absolute Gasteiger partial charge is 0.411 e. The lowest BCUT2D eigenvalue weighted by molar-refractivity contribution is -0.479. The molecule has 0 bridgehead atoms. The summed E-state index contributed by atoms with van der Waals surface area (Å²) in [5, 5.41) is 0.00845. The molecular weight excluding hydrogens is 496 g/mol. The summed E-state index contributed by atoms with van der Waals surface area (Å²) in [6, 6.07) is 5.55. The van der Waals surface area contributed by atoms with Gasteiger partial charge in [-0.3, -0.25) is 0 Å². The molecule has 15 heteroatoms. The highest BCUT2D eigenvalue weighted by atomic mass is 19.4. The molecule has 1 aromatic heterocycles. The number of allylic oxidation sites excluding steroid dienone is 2. The number of nitrogens with zero attached hydrogens (tertiary/aromatic N) is 1. The molecule has 0 unspecified atom stereocenters. The highest BCUT2D eigenvalue weighted by molar-refractivity contribution is 5.84. The van der Waals surface area contributed by atoms with Crippen molar-refractivity contribution in [2.24, 2.45) is 10.8 Å². The summed E-state index contributed by atoms with van der Waals surface area (Å²) in [4.78, 5) is 3.24. The second-order valence-corrected chi connectivity index (χ2v) is 7.06. The van der Waals surface area contributed by atoms with Gasteiger partial charge in [0.2, 0.25) is 5.41 Å². The molecule has 0 atom stereocenters. The van der Waals surface area contributed by atoms with E-state index in [4.69, 9.17) is 0 Å². The number of aromatic nitrogens is 1. The number of para-hydroxylation sites is 1. The predicted molar refractivity (Wildman–Crippen MR) is 83.8 cm³/mol. The van der Waals surface area contributed by atoms with Crippen molar-refractivity contribution in [3.05, 3.63) is 48.2 Å². The van der Waals surface area contributed by atoms with Gasteiger partial charge in [-0.2, -0.15) is 52.7 Å². The highest BCUT2D eigenvalue weighted by Gasteiger charge is 3.02. The fourth-order valence-corrected chi connectivity index (χ4v) is 4.19. The van der Waals surface area contributed by atoms with Crippen molar-refractivity contribution in [1.82, 2.24) is 4.98 Å². The standard InChI is InChI=1S/C18H7F14N/c19-12(20)7-9(11-6-5-8-3-1-2-4-10(8)33-11)13(15(21,22)23,16(24,25)26)14(12,17(27,28)29)18(30,31)32/h1-7H. The third-order valence-electron chi connectivity index (χ3n) is 5.37. The number of hydrogen-bond donors (Lipinski definition) is 0. The van der Waals surface area contributed by atoms with E-state index in [2.05, 4.69) is 4.98 Å². The molecule has 1 aliphatic carbocycles. The van der Waals surface area contributed by atoms with E-state index in [1.807, 2.05) is 0 Å². The van der Waals surface area contributed by atoms with Gasteiger partial charge in [0.1, 0.15) is 0 Å². The molecule has 0 radical (unpaired) electrons. The molecule has 1 aromatic carbocycles. The minimum Gasteiger partial charge on any atom is -0.248 e. The molecule has 1 aliphatic rings. The van der Waals surface area contributed by atoms with E-state index >= 15 is 0 Å². The first-order valence-corrected chi connectivity index (χ1v) is 8.41. The number of pyridine rings is 1. The Labute approximate surface area is 173 Å². The number of rotatable bonds is 1. The molecular formula is C18H7F14N. The lowest BCUT2D eigenvalue weighted by Crippen LogP contribution is -2.74. The van der Waals surface area contributed by atoms with Crippen LogP contribution in [0.1, 0.15) is 5.69 Å². The van der Waals surface area contributed by atoms with Crippen LogP contribution in [0.15, 0.2) is 42.5 Å². The maximum atomic E-state index is 14.5. The van der Waals surface area contributed by atoms with Crippen LogP contribution in [0.5, 0.6) is 0 Å². The summed E-state index contributed by atoms with van der Waals surface area (Å²) in [7, 11) is 0. The highest BCUT2D eigenvalue weighted by Crippen LogP contribution is 2.81. The Balaban J connectivity index is 2.61. The van der Waals surface area contributed by atoms with Gasteiger partial charge in [-0.15, -0.1) is 0 Å². The average molecular weight is 503 g/mol. The Kier molecular flexibility index (Phi) is 5.09. The molecule has 33 heavy (non-hydrogen) atoms. The van der Waals surface area contributed by atoms with Gasteiger partial charge in [0.15, 0.2) is 0 Å². The van der Waals surface area contributed by atoms with Crippen molar-refractivity contribution in [3.8, 4) is 0 Å². The molecule has 2 aromatic rings. The van der Waals surface area contributed by atoms with Crippen LogP contribution < -0.4 is 0 Å². The minimum absolute atomic E-state index is 0.00845. The third kappa shape index (κ3) is 2.95. The summed E-state index contributed by atoms with van der Waals surface area (Å²) in [5.74, 6) is -6.73. The summed E-state index contributed by atoms with van der Waals surface area (Å²) in [6.45, 7) is 0. The maximum Gasteiger partial charge on any atom is 0.411 e. The Hall–Kier alpha value is -2.61. The van der Waals surface area contributed by atoms with Crippen molar-refractivity contribution in [2.75, 3.05) is 0 Å². The van der Waals surface area contributed by atoms with Crippen LogP contribution in [0.25, 0.3) is 16.5 Å². The minimum atomic E-state index is -7.77. The van der Waals surface area contributed by atoms with Crippen LogP contribution in [0, 0.1) is 10.8 Å². The normalized spacial score (nSPS) is 20.7. The Bertz CT molecular complexity index is 1070. The first kappa shape index (κ1) is 25.0. The SMILES string of the molecule is FC(F)(F)C1(C(F)(F)F)C(c2ccc3ccccc3n2)=CC(F)(F)C1(C(F)(F)F)C(F)(F)F. The first-order chi connectivity index (χ1) is 14.7. The number of alkyl halides is 14. The van der Waals surface area contributed by atoms with Gasteiger partial charge in [0.25, 0.3) is 11.3 Å². The fourth-order valence-electron chi connectivity index (χ4n) is 4.19. The zero-order valence-electron chi connectivity index (χ0n) is 15.3. The maximum absolute atomic E-state index is 14.5. The van der Waals surface area contributed by atoms with Gasteiger partial charge in [0.05, 0.1) is 11.2 Å². The van der Waals surface area contributed by atoms with Crippen molar-refractivity contribution in [1.29, 1.82) is 0 Å². The molecule has 0 aliphatic heterocycles. The van der Waals surface area contributed by atoms with E-state index < -0.39 is 64.3 Å². The Morgan fingerprint density at radius 2 is 1.09 bits per heavy atom. The lowest BCUT2D eigenvalue weighted by atomic mass is 9.58.